The third-order valence-corrected chi connectivity index (χ3v) is 3.25. The lowest BCUT2D eigenvalue weighted by Gasteiger charge is -2.23. The molecule has 5 heteroatoms. The summed E-state index contributed by atoms with van der Waals surface area (Å²) in [6.07, 6.45) is 1.62. The molecule has 1 aromatic carbocycles. The van der Waals surface area contributed by atoms with Crippen LogP contribution in [-0.4, -0.2) is 21.3 Å². The quantitative estimate of drug-likeness (QED) is 0.859. The molecule has 0 aliphatic carbocycles. The summed E-state index contributed by atoms with van der Waals surface area (Å²) in [5, 5.41) is 4.21. The first-order valence-electron chi connectivity index (χ1n) is 6.69. The second-order valence-electron chi connectivity index (χ2n) is 4.38. The van der Waals surface area contributed by atoms with Crippen molar-refractivity contribution in [3.05, 3.63) is 42.0 Å². The van der Waals surface area contributed by atoms with Crippen LogP contribution in [-0.2, 0) is 19.6 Å². The Morgan fingerprint density at radius 3 is 2.53 bits per heavy atom. The Bertz CT molecular complexity index is 503. The van der Waals surface area contributed by atoms with Gasteiger partial charge in [-0.2, -0.15) is 5.10 Å². The number of benzene rings is 1. The maximum Gasteiger partial charge on any atom is 0.146 e. The maximum absolute atomic E-state index is 5.62. The number of anilines is 1. The summed E-state index contributed by atoms with van der Waals surface area (Å²) in [4.78, 5) is 6.60. The van der Waals surface area contributed by atoms with Crippen molar-refractivity contribution in [3.63, 3.8) is 0 Å². The van der Waals surface area contributed by atoms with Gasteiger partial charge in [0.1, 0.15) is 12.2 Å². The lowest BCUT2D eigenvalue weighted by atomic mass is 10.2. The average Bonchev–Trinajstić information content (AvgIpc) is 2.92. The third kappa shape index (κ3) is 3.12. The topological polar surface area (TPSA) is 60.0 Å². The van der Waals surface area contributed by atoms with Crippen molar-refractivity contribution in [2.45, 2.75) is 33.5 Å². The van der Waals surface area contributed by atoms with Crippen molar-refractivity contribution in [2.24, 2.45) is 5.73 Å². The van der Waals surface area contributed by atoms with Crippen LogP contribution < -0.4 is 10.6 Å². The molecule has 0 bridgehead atoms. The molecule has 2 N–H and O–H groups in total. The van der Waals surface area contributed by atoms with E-state index < -0.39 is 0 Å². The highest BCUT2D eigenvalue weighted by molar-refractivity contribution is 5.47. The SMILES string of the molecule is CCN(Cc1ncnn1CC)c1ccc(CN)cc1. The lowest BCUT2D eigenvalue weighted by molar-refractivity contribution is 0.604. The molecule has 0 aliphatic rings. The number of hydrogen-bond acceptors (Lipinski definition) is 4. The molecule has 2 rings (SSSR count). The minimum Gasteiger partial charge on any atom is -0.364 e. The van der Waals surface area contributed by atoms with Crippen molar-refractivity contribution in [1.29, 1.82) is 0 Å². The summed E-state index contributed by atoms with van der Waals surface area (Å²) in [6.45, 7) is 7.34. The monoisotopic (exact) mass is 259 g/mol. The molecule has 19 heavy (non-hydrogen) atoms. The molecule has 0 fully saturated rings. The lowest BCUT2D eigenvalue weighted by Crippen LogP contribution is -2.24. The molecule has 0 radical (unpaired) electrons. The summed E-state index contributed by atoms with van der Waals surface area (Å²) in [7, 11) is 0. The first-order valence-corrected chi connectivity index (χ1v) is 6.69. The molecule has 2 aromatic rings. The van der Waals surface area contributed by atoms with E-state index in [0.29, 0.717) is 6.54 Å². The molecule has 1 heterocycles. The number of rotatable bonds is 6. The first-order chi connectivity index (χ1) is 9.28. The van der Waals surface area contributed by atoms with E-state index in [1.807, 2.05) is 4.68 Å². The van der Waals surface area contributed by atoms with Gasteiger partial charge in [0.25, 0.3) is 0 Å². The molecule has 1 aromatic heterocycles. The molecule has 0 aliphatic heterocycles. The molecule has 0 saturated carbocycles. The van der Waals surface area contributed by atoms with E-state index in [0.717, 1.165) is 31.0 Å². The number of aryl methyl sites for hydroxylation is 1. The summed E-state index contributed by atoms with van der Waals surface area (Å²) < 4.78 is 1.93. The second-order valence-corrected chi connectivity index (χ2v) is 4.38. The van der Waals surface area contributed by atoms with E-state index in [9.17, 15) is 0 Å². The van der Waals surface area contributed by atoms with Gasteiger partial charge in [-0.25, -0.2) is 9.67 Å². The standard InChI is InChI=1S/C14H21N5/c1-3-18(10-14-16-11-17-19(14)4-2)13-7-5-12(9-15)6-8-13/h5-8,11H,3-4,9-10,15H2,1-2H3. The van der Waals surface area contributed by atoms with Gasteiger partial charge in [0.2, 0.25) is 0 Å². The van der Waals surface area contributed by atoms with Gasteiger partial charge < -0.3 is 10.6 Å². The predicted molar refractivity (Wildman–Crippen MR) is 76.8 cm³/mol. The fourth-order valence-electron chi connectivity index (χ4n) is 2.07. The Hall–Kier alpha value is -1.88. The molecule has 0 spiro atoms. The van der Waals surface area contributed by atoms with Crippen LogP contribution in [0.25, 0.3) is 0 Å². The van der Waals surface area contributed by atoms with Crippen molar-refractivity contribution >= 4 is 5.69 Å². The van der Waals surface area contributed by atoms with Gasteiger partial charge in [0.15, 0.2) is 0 Å². The molecular weight excluding hydrogens is 238 g/mol. The van der Waals surface area contributed by atoms with E-state index >= 15 is 0 Å². The van der Waals surface area contributed by atoms with E-state index in [4.69, 9.17) is 5.73 Å². The van der Waals surface area contributed by atoms with Gasteiger partial charge in [-0.3, -0.25) is 0 Å². The van der Waals surface area contributed by atoms with Gasteiger partial charge in [-0.1, -0.05) is 12.1 Å². The van der Waals surface area contributed by atoms with Gasteiger partial charge in [-0.05, 0) is 31.5 Å². The normalized spacial score (nSPS) is 10.7. The summed E-state index contributed by atoms with van der Waals surface area (Å²) in [6, 6.07) is 8.36. The molecule has 0 saturated heterocycles. The number of aromatic nitrogens is 3. The summed E-state index contributed by atoms with van der Waals surface area (Å²) in [5.41, 5.74) is 7.96. The molecule has 0 amide bonds. The zero-order chi connectivity index (χ0) is 13.7. The minimum absolute atomic E-state index is 0.580. The van der Waals surface area contributed by atoms with Crippen LogP contribution in [0.5, 0.6) is 0 Å². The van der Waals surface area contributed by atoms with Gasteiger partial charge in [-0.15, -0.1) is 0 Å². The second kappa shape index (κ2) is 6.33. The van der Waals surface area contributed by atoms with E-state index in [-0.39, 0.29) is 0 Å². The highest BCUT2D eigenvalue weighted by Crippen LogP contribution is 2.17. The Morgan fingerprint density at radius 1 is 1.21 bits per heavy atom. The Kier molecular flexibility index (Phi) is 4.52. The van der Waals surface area contributed by atoms with Crippen LogP contribution in [0.15, 0.2) is 30.6 Å². The number of hydrogen-bond donors (Lipinski definition) is 1. The highest BCUT2D eigenvalue weighted by Gasteiger charge is 2.09. The van der Waals surface area contributed by atoms with E-state index in [1.165, 1.54) is 5.69 Å². The highest BCUT2D eigenvalue weighted by atomic mass is 15.3. The molecule has 0 unspecified atom stereocenters. The van der Waals surface area contributed by atoms with Crippen LogP contribution in [0.3, 0.4) is 0 Å². The van der Waals surface area contributed by atoms with Crippen LogP contribution in [0.4, 0.5) is 5.69 Å². The van der Waals surface area contributed by atoms with Crippen LogP contribution >= 0.6 is 0 Å². The van der Waals surface area contributed by atoms with Crippen molar-refractivity contribution in [2.75, 3.05) is 11.4 Å². The number of nitrogens with two attached hydrogens (primary N) is 1. The van der Waals surface area contributed by atoms with Crippen LogP contribution in [0.2, 0.25) is 0 Å². The molecule has 5 nitrogen and oxygen atoms in total. The first kappa shape index (κ1) is 13.5. The van der Waals surface area contributed by atoms with E-state index in [2.05, 4.69) is 53.1 Å². The zero-order valence-corrected chi connectivity index (χ0v) is 11.6. The fourth-order valence-corrected chi connectivity index (χ4v) is 2.07. The average molecular weight is 259 g/mol. The molecular formula is C14H21N5. The van der Waals surface area contributed by atoms with Gasteiger partial charge >= 0.3 is 0 Å². The Labute approximate surface area is 114 Å². The number of nitrogens with zero attached hydrogens (tertiary/aromatic N) is 4. The zero-order valence-electron chi connectivity index (χ0n) is 11.6. The van der Waals surface area contributed by atoms with Crippen molar-refractivity contribution in [1.82, 2.24) is 14.8 Å². The third-order valence-electron chi connectivity index (χ3n) is 3.25. The van der Waals surface area contributed by atoms with Crippen molar-refractivity contribution in [3.8, 4) is 0 Å². The Balaban J connectivity index is 2.15. The molecule has 102 valence electrons. The fraction of sp³-hybridized carbons (Fsp3) is 0.429. The molecule has 0 atom stereocenters. The van der Waals surface area contributed by atoms with E-state index in [1.54, 1.807) is 6.33 Å². The van der Waals surface area contributed by atoms with Crippen LogP contribution in [0.1, 0.15) is 25.2 Å². The smallest absolute Gasteiger partial charge is 0.146 e. The van der Waals surface area contributed by atoms with Crippen LogP contribution in [0, 0.1) is 0 Å². The van der Waals surface area contributed by atoms with Gasteiger partial charge in [0, 0.05) is 25.3 Å². The Morgan fingerprint density at radius 2 is 1.95 bits per heavy atom. The van der Waals surface area contributed by atoms with Gasteiger partial charge in [0.05, 0.1) is 6.54 Å². The largest absolute Gasteiger partial charge is 0.364 e. The minimum atomic E-state index is 0.580. The summed E-state index contributed by atoms with van der Waals surface area (Å²) >= 11 is 0. The maximum atomic E-state index is 5.62. The predicted octanol–water partition coefficient (Wildman–Crippen LogP) is 1.78. The van der Waals surface area contributed by atoms with Crippen molar-refractivity contribution < 1.29 is 0 Å². The summed E-state index contributed by atoms with van der Waals surface area (Å²) in [5.74, 6) is 0.993.